The van der Waals surface area contributed by atoms with Crippen molar-refractivity contribution in [1.29, 1.82) is 0 Å². The van der Waals surface area contributed by atoms with E-state index in [0.717, 1.165) is 12.1 Å². The summed E-state index contributed by atoms with van der Waals surface area (Å²) in [5.41, 5.74) is 6.11. The quantitative estimate of drug-likeness (QED) is 0.475. The van der Waals surface area contributed by atoms with Gasteiger partial charge in [-0.1, -0.05) is 11.6 Å². The van der Waals surface area contributed by atoms with Crippen molar-refractivity contribution in [1.82, 2.24) is 9.97 Å². The van der Waals surface area contributed by atoms with E-state index in [4.69, 9.17) is 22.4 Å². The highest BCUT2D eigenvalue weighted by molar-refractivity contribution is 8.23. The lowest BCUT2D eigenvalue weighted by Crippen LogP contribution is -2.33. The Balaban J connectivity index is 2.15. The molecule has 2 heterocycles. The summed E-state index contributed by atoms with van der Waals surface area (Å²) in [6.45, 7) is 0.451. The first-order chi connectivity index (χ1) is 13.6. The Morgan fingerprint density at radius 3 is 2.59 bits per heavy atom. The fourth-order valence-electron chi connectivity index (χ4n) is 3.07. The molecule has 2 aromatic rings. The maximum atomic E-state index is 14.4. The van der Waals surface area contributed by atoms with E-state index in [2.05, 4.69) is 9.97 Å². The van der Waals surface area contributed by atoms with Gasteiger partial charge in [0, 0.05) is 25.2 Å². The summed E-state index contributed by atoms with van der Waals surface area (Å²) in [5.74, 6) is -2.94. The van der Waals surface area contributed by atoms with Gasteiger partial charge in [-0.25, -0.2) is 18.7 Å². The van der Waals surface area contributed by atoms with E-state index in [1.54, 1.807) is 4.90 Å². The van der Waals surface area contributed by atoms with Gasteiger partial charge in [0.1, 0.15) is 17.5 Å². The van der Waals surface area contributed by atoms with Crippen molar-refractivity contribution in [2.75, 3.05) is 24.5 Å². The Kier molecular flexibility index (Phi) is 6.24. The molecule has 158 valence electrons. The molecule has 0 amide bonds. The van der Waals surface area contributed by atoms with E-state index in [0.29, 0.717) is 5.56 Å². The van der Waals surface area contributed by atoms with Crippen LogP contribution in [-0.4, -0.2) is 49.8 Å². The Labute approximate surface area is 171 Å². The van der Waals surface area contributed by atoms with Gasteiger partial charge in [-0.2, -0.15) is 10.6 Å². The van der Waals surface area contributed by atoms with Crippen molar-refractivity contribution in [2.24, 2.45) is 5.73 Å². The molecule has 0 aliphatic carbocycles. The zero-order chi connectivity index (χ0) is 21.3. The van der Waals surface area contributed by atoms with Crippen molar-refractivity contribution in [3.8, 4) is 11.4 Å². The average molecular weight is 449 g/mol. The monoisotopic (exact) mass is 448 g/mol. The Morgan fingerprint density at radius 2 is 1.93 bits per heavy atom. The summed E-state index contributed by atoms with van der Waals surface area (Å²) in [7, 11) is -3.00. The zero-order valence-electron chi connectivity index (χ0n) is 15.1. The van der Waals surface area contributed by atoms with Gasteiger partial charge >= 0.3 is 5.97 Å². The van der Waals surface area contributed by atoms with Gasteiger partial charge in [0.2, 0.25) is 0 Å². The minimum absolute atomic E-state index is 0.0477. The number of nitrogens with zero attached hydrogens (tertiary/aromatic N) is 3. The summed E-state index contributed by atoms with van der Waals surface area (Å²) in [6, 6.07) is 1.67. The molecule has 0 fully saturated rings. The van der Waals surface area contributed by atoms with Crippen molar-refractivity contribution >= 4 is 34.0 Å². The third-order valence-corrected chi connectivity index (χ3v) is 6.14. The predicted octanol–water partition coefficient (Wildman–Crippen LogP) is 3.08. The van der Waals surface area contributed by atoms with Crippen LogP contribution in [-0.2, 0) is 16.3 Å². The molecule has 0 atom stereocenters. The molecule has 0 saturated carbocycles. The molecule has 1 aromatic carbocycles. The highest BCUT2D eigenvalue weighted by Crippen LogP contribution is 2.54. The second-order valence-corrected chi connectivity index (χ2v) is 9.14. The molecule has 8 nitrogen and oxygen atoms in total. The normalized spacial score (nSPS) is 15.8. The van der Waals surface area contributed by atoms with E-state index in [9.17, 15) is 22.7 Å². The minimum atomic E-state index is -3.00. The molecule has 5 N–H and O–H groups in total. The molecule has 29 heavy (non-hydrogen) atoms. The fraction of sp³-hybridized carbons (Fsp3) is 0.353. The van der Waals surface area contributed by atoms with E-state index in [1.165, 1.54) is 0 Å². The van der Waals surface area contributed by atoms with Crippen molar-refractivity contribution in [3.05, 3.63) is 40.0 Å². The van der Waals surface area contributed by atoms with Gasteiger partial charge in [-0.3, -0.25) is 13.9 Å². The second-order valence-electron chi connectivity index (χ2n) is 6.55. The summed E-state index contributed by atoms with van der Waals surface area (Å²) >= 11 is 5.60. The lowest BCUT2D eigenvalue weighted by molar-refractivity contribution is -0.136. The number of fused-ring (bicyclic) bond motifs is 1. The molecule has 12 heteroatoms. The molecule has 1 aliphatic heterocycles. The van der Waals surface area contributed by atoms with Gasteiger partial charge in [0.25, 0.3) is 0 Å². The topological polar surface area (TPSA) is 133 Å². The second kappa shape index (κ2) is 8.36. The van der Waals surface area contributed by atoms with Crippen LogP contribution in [0.1, 0.15) is 17.7 Å². The maximum absolute atomic E-state index is 14.4. The van der Waals surface area contributed by atoms with Crippen LogP contribution in [0.3, 0.4) is 0 Å². The standard InChI is InChI=1S/C17H19ClF2N4O4S/c18-11-6-12(19)9(5-13(11)20)16-22-14-8-29(27,28)7-10(14)17(23-16)24(4-2-21)3-1-15(25)26/h5-6,27-28H,1-4,7-8,21H2,(H,25,26). The number of anilines is 1. The van der Waals surface area contributed by atoms with Crippen LogP contribution in [0.5, 0.6) is 0 Å². The number of nitrogens with two attached hydrogens (primary N) is 1. The lowest BCUT2D eigenvalue weighted by Gasteiger charge is -2.27. The predicted molar refractivity (Wildman–Crippen MR) is 106 cm³/mol. The Bertz CT molecular complexity index is 964. The molecule has 0 unspecified atom stereocenters. The first-order valence-corrected chi connectivity index (χ1v) is 10.8. The number of hydrogen-bond acceptors (Lipinski definition) is 7. The molecule has 0 radical (unpaired) electrons. The zero-order valence-corrected chi connectivity index (χ0v) is 16.7. The van der Waals surface area contributed by atoms with Gasteiger partial charge in [0.05, 0.1) is 34.2 Å². The Morgan fingerprint density at radius 1 is 1.21 bits per heavy atom. The number of carbonyl (C=O) groups is 1. The van der Waals surface area contributed by atoms with Crippen molar-refractivity contribution < 1.29 is 27.8 Å². The first kappa shape index (κ1) is 21.7. The van der Waals surface area contributed by atoms with Gasteiger partial charge < -0.3 is 15.7 Å². The number of hydrogen-bond donors (Lipinski definition) is 4. The van der Waals surface area contributed by atoms with Crippen LogP contribution in [0, 0.1) is 11.6 Å². The molecular formula is C17H19ClF2N4O4S. The van der Waals surface area contributed by atoms with Gasteiger partial charge in [-0.15, -0.1) is 0 Å². The lowest BCUT2D eigenvalue weighted by atomic mass is 10.1. The van der Waals surface area contributed by atoms with Crippen LogP contribution in [0.4, 0.5) is 14.6 Å². The summed E-state index contributed by atoms with van der Waals surface area (Å²) in [5, 5.41) is 8.61. The minimum Gasteiger partial charge on any atom is -0.481 e. The van der Waals surface area contributed by atoms with Crippen molar-refractivity contribution in [3.63, 3.8) is 0 Å². The molecule has 3 rings (SSSR count). The van der Waals surface area contributed by atoms with E-state index in [1.807, 2.05) is 0 Å². The summed E-state index contributed by atoms with van der Waals surface area (Å²) in [4.78, 5) is 21.1. The van der Waals surface area contributed by atoms with Crippen LogP contribution in [0.15, 0.2) is 12.1 Å². The number of carboxylic acids is 1. The third kappa shape index (κ3) is 4.75. The molecule has 1 aromatic heterocycles. The molecule has 1 aliphatic rings. The third-order valence-electron chi connectivity index (χ3n) is 4.36. The summed E-state index contributed by atoms with van der Waals surface area (Å²) < 4.78 is 48.6. The van der Waals surface area contributed by atoms with E-state index >= 15 is 0 Å². The SMILES string of the molecule is NCCN(CCC(=O)O)c1nc(-c2cc(F)c(Cl)cc2F)nc2c1CS(O)(O)C2. The molecule has 0 spiro atoms. The number of halogens is 3. The number of rotatable bonds is 7. The van der Waals surface area contributed by atoms with Crippen LogP contribution < -0.4 is 10.6 Å². The van der Waals surface area contributed by atoms with Gasteiger partial charge in [0.15, 0.2) is 5.82 Å². The smallest absolute Gasteiger partial charge is 0.305 e. The number of benzene rings is 1. The highest BCUT2D eigenvalue weighted by Gasteiger charge is 2.33. The molecule has 0 bridgehead atoms. The van der Waals surface area contributed by atoms with Crippen LogP contribution in [0.25, 0.3) is 11.4 Å². The summed E-state index contributed by atoms with van der Waals surface area (Å²) in [6.07, 6.45) is -0.214. The largest absolute Gasteiger partial charge is 0.481 e. The Hall–Kier alpha value is -2.05. The first-order valence-electron chi connectivity index (χ1n) is 8.56. The number of aliphatic carboxylic acids is 1. The van der Waals surface area contributed by atoms with Crippen molar-refractivity contribution in [2.45, 2.75) is 17.9 Å². The number of carboxylic acid groups (broad SMARTS) is 1. The van der Waals surface area contributed by atoms with E-state index < -0.39 is 33.2 Å². The van der Waals surface area contributed by atoms with E-state index in [-0.39, 0.29) is 60.5 Å². The van der Waals surface area contributed by atoms with Crippen LogP contribution in [0.2, 0.25) is 5.02 Å². The maximum Gasteiger partial charge on any atom is 0.305 e. The molecular weight excluding hydrogens is 430 g/mol. The highest BCUT2D eigenvalue weighted by atomic mass is 35.5. The number of aromatic nitrogens is 2. The average Bonchev–Trinajstić information content (AvgIpc) is 2.94. The molecule has 0 saturated heterocycles. The van der Waals surface area contributed by atoms with Gasteiger partial charge in [-0.05, 0) is 12.1 Å². The fourth-order valence-corrected chi connectivity index (χ4v) is 4.76. The van der Waals surface area contributed by atoms with Crippen LogP contribution >= 0.6 is 22.2 Å².